The molecular weight excluding hydrogens is 204 g/mol. The summed E-state index contributed by atoms with van der Waals surface area (Å²) in [6.45, 7) is 12.7. The average Bonchev–Trinajstić information content (AvgIpc) is 2.39. The van der Waals surface area contributed by atoms with Gasteiger partial charge in [-0.15, -0.1) is 0 Å². The molecule has 0 aromatic heterocycles. The second-order valence-electron chi connectivity index (χ2n) is 4.22. The highest BCUT2D eigenvalue weighted by atomic mass is 14.1. The van der Waals surface area contributed by atoms with Gasteiger partial charge in [-0.25, -0.2) is 0 Å². The molecule has 0 aliphatic rings. The Labute approximate surface area is 108 Å². The predicted octanol–water partition coefficient (Wildman–Crippen LogP) is 5.79. The molecule has 0 aliphatic carbocycles. The van der Waals surface area contributed by atoms with E-state index in [9.17, 15) is 0 Å². The maximum atomic E-state index is 2.35. The lowest BCUT2D eigenvalue weighted by Gasteiger charge is -2.09. The van der Waals surface area contributed by atoms with E-state index in [1.807, 2.05) is 13.8 Å². The summed E-state index contributed by atoms with van der Waals surface area (Å²) in [4.78, 5) is 0. The molecule has 0 bridgehead atoms. The molecule has 0 nitrogen and oxygen atoms in total. The van der Waals surface area contributed by atoms with Gasteiger partial charge in [-0.3, -0.25) is 0 Å². The molecule has 0 unspecified atom stereocenters. The molecule has 1 aromatic rings. The predicted molar refractivity (Wildman–Crippen MR) is 80.5 cm³/mol. The Morgan fingerprint density at radius 1 is 1.24 bits per heavy atom. The molecular formula is C17H28. The highest BCUT2D eigenvalue weighted by Gasteiger charge is 2.01. The van der Waals surface area contributed by atoms with Crippen LogP contribution in [0.2, 0.25) is 0 Å². The first-order valence-corrected chi connectivity index (χ1v) is 6.91. The van der Waals surface area contributed by atoms with E-state index in [1.54, 1.807) is 0 Å². The summed E-state index contributed by atoms with van der Waals surface area (Å²) in [6.07, 6.45) is 5.95. The SMILES string of the molecule is C/C=C(/C)c1cc(CCCC)ccc1C.CC. The lowest BCUT2D eigenvalue weighted by atomic mass is 9.97. The van der Waals surface area contributed by atoms with Crippen molar-refractivity contribution in [3.05, 3.63) is 41.0 Å². The van der Waals surface area contributed by atoms with E-state index in [-0.39, 0.29) is 0 Å². The van der Waals surface area contributed by atoms with Gasteiger partial charge in [0.15, 0.2) is 0 Å². The Bertz CT molecular complexity index is 345. The van der Waals surface area contributed by atoms with Crippen molar-refractivity contribution in [1.29, 1.82) is 0 Å². The normalized spacial score (nSPS) is 10.8. The van der Waals surface area contributed by atoms with Crippen molar-refractivity contribution in [2.45, 2.75) is 60.8 Å². The number of aryl methyl sites for hydroxylation is 2. The van der Waals surface area contributed by atoms with E-state index >= 15 is 0 Å². The van der Waals surface area contributed by atoms with E-state index in [0.717, 1.165) is 0 Å². The van der Waals surface area contributed by atoms with Gasteiger partial charge in [-0.05, 0) is 55.9 Å². The van der Waals surface area contributed by atoms with E-state index in [0.29, 0.717) is 0 Å². The molecule has 0 aliphatic heterocycles. The van der Waals surface area contributed by atoms with Gasteiger partial charge in [0.05, 0.1) is 0 Å². The van der Waals surface area contributed by atoms with E-state index in [2.05, 4.69) is 52.0 Å². The maximum absolute atomic E-state index is 2.35. The summed E-state index contributed by atoms with van der Waals surface area (Å²) in [5.74, 6) is 0. The summed E-state index contributed by atoms with van der Waals surface area (Å²) in [5.41, 5.74) is 5.64. The molecule has 0 N–H and O–H groups in total. The highest BCUT2D eigenvalue weighted by Crippen LogP contribution is 2.20. The van der Waals surface area contributed by atoms with E-state index in [1.165, 1.54) is 41.5 Å². The van der Waals surface area contributed by atoms with Crippen LogP contribution in [0.25, 0.3) is 5.57 Å². The van der Waals surface area contributed by atoms with Crippen LogP contribution >= 0.6 is 0 Å². The quantitative estimate of drug-likeness (QED) is 0.616. The second kappa shape index (κ2) is 9.04. The molecule has 96 valence electrons. The summed E-state index contributed by atoms with van der Waals surface area (Å²) >= 11 is 0. The zero-order chi connectivity index (χ0) is 13.3. The zero-order valence-corrected chi connectivity index (χ0v) is 12.4. The summed E-state index contributed by atoms with van der Waals surface area (Å²) in [5, 5.41) is 0. The molecule has 0 heterocycles. The number of hydrogen-bond donors (Lipinski definition) is 0. The molecule has 0 atom stereocenters. The summed E-state index contributed by atoms with van der Waals surface area (Å²) in [6, 6.07) is 6.85. The van der Waals surface area contributed by atoms with Crippen LogP contribution in [0.4, 0.5) is 0 Å². The van der Waals surface area contributed by atoms with Crippen molar-refractivity contribution in [2.24, 2.45) is 0 Å². The maximum Gasteiger partial charge on any atom is -0.0199 e. The first kappa shape index (κ1) is 16.0. The molecule has 1 aromatic carbocycles. The lowest BCUT2D eigenvalue weighted by molar-refractivity contribution is 0.794. The molecule has 0 saturated carbocycles. The van der Waals surface area contributed by atoms with Gasteiger partial charge in [-0.1, -0.05) is 51.5 Å². The van der Waals surface area contributed by atoms with Gasteiger partial charge in [0, 0.05) is 0 Å². The molecule has 1 rings (SSSR count). The van der Waals surface area contributed by atoms with E-state index < -0.39 is 0 Å². The number of hydrogen-bond acceptors (Lipinski definition) is 0. The lowest BCUT2D eigenvalue weighted by Crippen LogP contribution is -1.91. The van der Waals surface area contributed by atoms with Crippen molar-refractivity contribution < 1.29 is 0 Å². The third-order valence-electron chi connectivity index (χ3n) is 2.98. The Kier molecular flexibility index (Phi) is 8.49. The Morgan fingerprint density at radius 2 is 1.88 bits per heavy atom. The van der Waals surface area contributed by atoms with Crippen molar-refractivity contribution in [1.82, 2.24) is 0 Å². The van der Waals surface area contributed by atoms with Crippen molar-refractivity contribution >= 4 is 5.57 Å². The Balaban J connectivity index is 0.00000121. The Morgan fingerprint density at radius 3 is 2.41 bits per heavy atom. The van der Waals surface area contributed by atoms with Crippen LogP contribution in [0.3, 0.4) is 0 Å². The first-order chi connectivity index (χ1) is 8.19. The molecule has 0 amide bonds. The fourth-order valence-corrected chi connectivity index (χ4v) is 1.79. The van der Waals surface area contributed by atoms with Crippen LogP contribution in [0.15, 0.2) is 24.3 Å². The fraction of sp³-hybridized carbons (Fsp3) is 0.529. The van der Waals surface area contributed by atoms with Crippen molar-refractivity contribution in [2.75, 3.05) is 0 Å². The minimum atomic E-state index is 1.21. The van der Waals surface area contributed by atoms with Crippen LogP contribution in [0.1, 0.15) is 64.2 Å². The van der Waals surface area contributed by atoms with Crippen molar-refractivity contribution in [3.63, 3.8) is 0 Å². The molecule has 17 heavy (non-hydrogen) atoms. The summed E-state index contributed by atoms with van der Waals surface area (Å²) < 4.78 is 0. The van der Waals surface area contributed by atoms with Gasteiger partial charge >= 0.3 is 0 Å². The number of rotatable bonds is 4. The Hall–Kier alpha value is -1.04. The smallest absolute Gasteiger partial charge is 0.0199 e. The monoisotopic (exact) mass is 232 g/mol. The highest BCUT2D eigenvalue weighted by molar-refractivity contribution is 5.66. The summed E-state index contributed by atoms with van der Waals surface area (Å²) in [7, 11) is 0. The third kappa shape index (κ3) is 5.21. The van der Waals surface area contributed by atoms with Crippen LogP contribution in [-0.4, -0.2) is 0 Å². The van der Waals surface area contributed by atoms with Gasteiger partial charge in [-0.2, -0.15) is 0 Å². The van der Waals surface area contributed by atoms with Crippen LogP contribution < -0.4 is 0 Å². The minimum absolute atomic E-state index is 1.21. The van der Waals surface area contributed by atoms with Gasteiger partial charge in [0.1, 0.15) is 0 Å². The standard InChI is InChI=1S/C15H22.C2H6/c1-5-7-8-14-10-9-13(4)15(11-14)12(3)6-2;1-2/h6,9-11H,5,7-8H2,1-4H3;1-2H3/b12-6-;. The van der Waals surface area contributed by atoms with Crippen molar-refractivity contribution in [3.8, 4) is 0 Å². The number of benzene rings is 1. The van der Waals surface area contributed by atoms with Crippen LogP contribution in [-0.2, 0) is 6.42 Å². The molecule has 0 saturated heterocycles. The van der Waals surface area contributed by atoms with Gasteiger partial charge < -0.3 is 0 Å². The zero-order valence-electron chi connectivity index (χ0n) is 12.4. The average molecular weight is 232 g/mol. The largest absolute Gasteiger partial charge is 0.0841 e. The molecule has 0 fully saturated rings. The number of allylic oxidation sites excluding steroid dienone is 2. The molecule has 0 heteroatoms. The number of unbranched alkanes of at least 4 members (excludes halogenated alkanes) is 1. The molecule has 0 spiro atoms. The third-order valence-corrected chi connectivity index (χ3v) is 2.98. The second-order valence-corrected chi connectivity index (χ2v) is 4.22. The topological polar surface area (TPSA) is 0 Å². The van der Waals surface area contributed by atoms with Gasteiger partial charge in [0.25, 0.3) is 0 Å². The van der Waals surface area contributed by atoms with Crippen LogP contribution in [0, 0.1) is 6.92 Å². The minimum Gasteiger partial charge on any atom is -0.0841 e. The fourth-order valence-electron chi connectivity index (χ4n) is 1.79. The van der Waals surface area contributed by atoms with E-state index in [4.69, 9.17) is 0 Å². The first-order valence-electron chi connectivity index (χ1n) is 6.91. The van der Waals surface area contributed by atoms with Gasteiger partial charge in [0.2, 0.25) is 0 Å². The molecule has 0 radical (unpaired) electrons. The van der Waals surface area contributed by atoms with Crippen LogP contribution in [0.5, 0.6) is 0 Å².